The Kier molecular flexibility index (Phi) is 4.37. The molecule has 6 heteroatoms. The molecule has 122 valence electrons. The predicted molar refractivity (Wildman–Crippen MR) is 87.4 cm³/mol. The van der Waals surface area contributed by atoms with Crippen molar-refractivity contribution in [3.63, 3.8) is 0 Å². The molecule has 0 fully saturated rings. The summed E-state index contributed by atoms with van der Waals surface area (Å²) in [7, 11) is 0. The Labute approximate surface area is 137 Å². The predicted octanol–water partition coefficient (Wildman–Crippen LogP) is 3.84. The highest BCUT2D eigenvalue weighted by Crippen LogP contribution is 2.21. The van der Waals surface area contributed by atoms with Crippen molar-refractivity contribution in [1.29, 1.82) is 0 Å². The van der Waals surface area contributed by atoms with E-state index in [0.717, 1.165) is 11.6 Å². The molecule has 3 rings (SSSR count). The van der Waals surface area contributed by atoms with Crippen molar-refractivity contribution in [2.45, 2.75) is 13.5 Å². The fraction of sp³-hybridized carbons (Fsp3) is 0.111. The van der Waals surface area contributed by atoms with Crippen LogP contribution in [0.5, 0.6) is 0 Å². The van der Waals surface area contributed by atoms with E-state index in [1.165, 1.54) is 13.0 Å². The van der Waals surface area contributed by atoms with Gasteiger partial charge in [-0.2, -0.15) is 0 Å². The molecule has 0 aliphatic rings. The molecular formula is C18H15F2N3O. The van der Waals surface area contributed by atoms with Crippen molar-refractivity contribution < 1.29 is 13.6 Å². The van der Waals surface area contributed by atoms with Crippen molar-refractivity contribution in [2.24, 2.45) is 0 Å². The van der Waals surface area contributed by atoms with Gasteiger partial charge < -0.3 is 9.88 Å². The first-order chi connectivity index (χ1) is 11.5. The molecular weight excluding hydrogens is 312 g/mol. The third kappa shape index (κ3) is 3.48. The first-order valence-corrected chi connectivity index (χ1v) is 7.36. The number of carbonyl (C=O) groups excluding carboxylic acids is 1. The molecule has 0 atom stereocenters. The van der Waals surface area contributed by atoms with Crippen LogP contribution >= 0.6 is 0 Å². The maximum absolute atomic E-state index is 13.3. The van der Waals surface area contributed by atoms with E-state index < -0.39 is 11.6 Å². The standard InChI is InChI=1S/C18H15F2N3O/c1-12(24)22-15-5-3-14(4-6-15)18-21-8-9-23(18)11-13-2-7-16(19)17(20)10-13/h2-10H,11H2,1H3,(H,22,24). The van der Waals surface area contributed by atoms with Gasteiger partial charge in [-0.3, -0.25) is 4.79 Å². The van der Waals surface area contributed by atoms with Gasteiger partial charge in [-0.1, -0.05) is 6.07 Å². The Morgan fingerprint density at radius 3 is 2.54 bits per heavy atom. The second-order valence-corrected chi connectivity index (χ2v) is 5.39. The largest absolute Gasteiger partial charge is 0.327 e. The minimum absolute atomic E-state index is 0.136. The van der Waals surface area contributed by atoms with Gasteiger partial charge in [0.2, 0.25) is 5.91 Å². The maximum atomic E-state index is 13.3. The molecule has 0 aliphatic carbocycles. The van der Waals surface area contributed by atoms with Gasteiger partial charge in [-0.25, -0.2) is 13.8 Å². The maximum Gasteiger partial charge on any atom is 0.221 e. The van der Waals surface area contributed by atoms with E-state index in [1.807, 2.05) is 16.7 Å². The quantitative estimate of drug-likeness (QED) is 0.791. The van der Waals surface area contributed by atoms with Gasteiger partial charge in [0.1, 0.15) is 5.82 Å². The van der Waals surface area contributed by atoms with Gasteiger partial charge in [0.05, 0.1) is 0 Å². The lowest BCUT2D eigenvalue weighted by molar-refractivity contribution is -0.114. The van der Waals surface area contributed by atoms with E-state index in [1.54, 1.807) is 30.6 Å². The molecule has 0 radical (unpaired) electrons. The Morgan fingerprint density at radius 2 is 1.88 bits per heavy atom. The van der Waals surface area contributed by atoms with Crippen LogP contribution < -0.4 is 5.32 Å². The van der Waals surface area contributed by atoms with Crippen molar-refractivity contribution in [2.75, 3.05) is 5.32 Å². The molecule has 3 aromatic rings. The van der Waals surface area contributed by atoms with Crippen molar-refractivity contribution in [1.82, 2.24) is 9.55 Å². The number of nitrogens with one attached hydrogen (secondary N) is 1. The normalized spacial score (nSPS) is 10.6. The molecule has 0 spiro atoms. The minimum Gasteiger partial charge on any atom is -0.327 e. The molecule has 0 saturated carbocycles. The topological polar surface area (TPSA) is 46.9 Å². The zero-order valence-corrected chi connectivity index (χ0v) is 13.0. The van der Waals surface area contributed by atoms with E-state index >= 15 is 0 Å². The average molecular weight is 327 g/mol. The molecule has 24 heavy (non-hydrogen) atoms. The fourth-order valence-electron chi connectivity index (χ4n) is 2.44. The summed E-state index contributed by atoms with van der Waals surface area (Å²) < 4.78 is 28.2. The number of benzene rings is 2. The summed E-state index contributed by atoms with van der Waals surface area (Å²) in [5.74, 6) is -1.16. The average Bonchev–Trinajstić information content (AvgIpc) is 2.99. The molecule has 1 aromatic heterocycles. The van der Waals surface area contributed by atoms with Crippen LogP contribution in [0.4, 0.5) is 14.5 Å². The number of rotatable bonds is 4. The molecule has 0 bridgehead atoms. The highest BCUT2D eigenvalue weighted by atomic mass is 19.2. The summed E-state index contributed by atoms with van der Waals surface area (Å²) >= 11 is 0. The highest BCUT2D eigenvalue weighted by molar-refractivity contribution is 5.88. The van der Waals surface area contributed by atoms with Crippen LogP contribution in [0, 0.1) is 11.6 Å². The van der Waals surface area contributed by atoms with Crippen LogP contribution in [0.3, 0.4) is 0 Å². The molecule has 1 amide bonds. The summed E-state index contributed by atoms with van der Waals surface area (Å²) in [5, 5.41) is 2.70. The smallest absolute Gasteiger partial charge is 0.221 e. The lowest BCUT2D eigenvalue weighted by atomic mass is 10.1. The van der Waals surface area contributed by atoms with Gasteiger partial charge in [-0.15, -0.1) is 0 Å². The molecule has 0 saturated heterocycles. The first kappa shape index (κ1) is 15.9. The van der Waals surface area contributed by atoms with Crippen LogP contribution in [-0.2, 0) is 11.3 Å². The van der Waals surface area contributed by atoms with E-state index in [2.05, 4.69) is 10.3 Å². The number of amides is 1. The second kappa shape index (κ2) is 6.62. The lowest BCUT2D eigenvalue weighted by Crippen LogP contribution is -2.05. The summed E-state index contributed by atoms with van der Waals surface area (Å²) in [6.07, 6.45) is 3.43. The number of carbonyl (C=O) groups is 1. The third-order valence-electron chi connectivity index (χ3n) is 3.52. The van der Waals surface area contributed by atoms with Crippen LogP contribution in [0.15, 0.2) is 54.9 Å². The number of hydrogen-bond acceptors (Lipinski definition) is 2. The summed E-state index contributed by atoms with van der Waals surface area (Å²) in [6.45, 7) is 1.82. The van der Waals surface area contributed by atoms with Gasteiger partial charge in [0.25, 0.3) is 0 Å². The third-order valence-corrected chi connectivity index (χ3v) is 3.52. The lowest BCUT2D eigenvalue weighted by Gasteiger charge is -2.09. The summed E-state index contributed by atoms with van der Waals surface area (Å²) in [5.41, 5.74) is 2.20. The van der Waals surface area contributed by atoms with Gasteiger partial charge in [-0.05, 0) is 42.0 Å². The van der Waals surface area contributed by atoms with Crippen molar-refractivity contribution in [3.05, 3.63) is 72.1 Å². The Morgan fingerprint density at radius 1 is 1.12 bits per heavy atom. The monoisotopic (exact) mass is 327 g/mol. The number of aromatic nitrogens is 2. The van der Waals surface area contributed by atoms with Gasteiger partial charge in [0, 0.05) is 37.1 Å². The zero-order valence-electron chi connectivity index (χ0n) is 13.0. The number of anilines is 1. The molecule has 0 aliphatic heterocycles. The molecule has 1 heterocycles. The zero-order chi connectivity index (χ0) is 17.1. The van der Waals surface area contributed by atoms with E-state index in [0.29, 0.717) is 23.6 Å². The SMILES string of the molecule is CC(=O)Nc1ccc(-c2nccn2Cc2ccc(F)c(F)c2)cc1. The Balaban J connectivity index is 1.84. The Hall–Kier alpha value is -3.02. The number of imidazole rings is 1. The van der Waals surface area contributed by atoms with E-state index in [4.69, 9.17) is 0 Å². The number of nitrogens with zero attached hydrogens (tertiary/aromatic N) is 2. The van der Waals surface area contributed by atoms with Gasteiger partial charge in [0.15, 0.2) is 11.6 Å². The van der Waals surface area contributed by atoms with Crippen LogP contribution in [0.2, 0.25) is 0 Å². The summed E-state index contributed by atoms with van der Waals surface area (Å²) in [6, 6.07) is 11.1. The second-order valence-electron chi connectivity index (χ2n) is 5.39. The minimum atomic E-state index is -0.867. The van der Waals surface area contributed by atoms with Crippen molar-refractivity contribution in [3.8, 4) is 11.4 Å². The molecule has 0 unspecified atom stereocenters. The molecule has 4 nitrogen and oxygen atoms in total. The number of hydrogen-bond donors (Lipinski definition) is 1. The van der Waals surface area contributed by atoms with Crippen LogP contribution in [0.1, 0.15) is 12.5 Å². The molecule has 1 N–H and O–H groups in total. The molecule has 2 aromatic carbocycles. The van der Waals surface area contributed by atoms with Gasteiger partial charge >= 0.3 is 0 Å². The summed E-state index contributed by atoms with van der Waals surface area (Å²) in [4.78, 5) is 15.4. The van der Waals surface area contributed by atoms with Crippen molar-refractivity contribution >= 4 is 11.6 Å². The van der Waals surface area contributed by atoms with E-state index in [-0.39, 0.29) is 5.91 Å². The first-order valence-electron chi connectivity index (χ1n) is 7.36. The highest BCUT2D eigenvalue weighted by Gasteiger charge is 2.09. The van der Waals surface area contributed by atoms with Crippen LogP contribution in [-0.4, -0.2) is 15.5 Å². The number of halogens is 2. The van der Waals surface area contributed by atoms with Crippen LogP contribution in [0.25, 0.3) is 11.4 Å². The van der Waals surface area contributed by atoms with E-state index in [9.17, 15) is 13.6 Å². The Bertz CT molecular complexity index is 872. The fourth-order valence-corrected chi connectivity index (χ4v) is 2.44.